The molecule has 3 rings (SSSR count). The molecule has 2 amide bonds. The van der Waals surface area contributed by atoms with E-state index in [0.29, 0.717) is 6.04 Å². The molecule has 30 heavy (non-hydrogen) atoms. The Morgan fingerprint density at radius 3 is 2.70 bits per heavy atom. The van der Waals surface area contributed by atoms with Gasteiger partial charge in [0, 0.05) is 32.3 Å². The minimum Gasteiger partial charge on any atom is -0.391 e. The summed E-state index contributed by atoms with van der Waals surface area (Å²) in [5, 5.41) is 21.3. The smallest absolute Gasteiger partial charge is 0.248 e. The molecule has 4 unspecified atom stereocenters. The Kier molecular flexibility index (Phi) is 6.81. The summed E-state index contributed by atoms with van der Waals surface area (Å²) in [5.74, 6) is -0.466. The zero-order valence-electron chi connectivity index (χ0n) is 18.8. The van der Waals surface area contributed by atoms with Gasteiger partial charge in [0.05, 0.1) is 11.8 Å². The lowest BCUT2D eigenvalue weighted by Crippen LogP contribution is -2.49. The summed E-state index contributed by atoms with van der Waals surface area (Å²) in [4.78, 5) is 29.7. The van der Waals surface area contributed by atoms with Crippen molar-refractivity contribution in [3.63, 3.8) is 0 Å². The largest absolute Gasteiger partial charge is 0.391 e. The quantitative estimate of drug-likeness (QED) is 0.699. The fourth-order valence-corrected chi connectivity index (χ4v) is 4.72. The molecule has 1 aromatic heterocycles. The predicted octanol–water partition coefficient (Wildman–Crippen LogP) is 0.600. The standard InChI is InChI=1S/C21H36N6O3/c1-21(2,3)18(20(30)26-13-16(28)11-17(26)19(29)22-4)27-12-14(23-24-27)8-9-15-7-6-10-25(15)5/h12,15-18,28H,6-11,13H2,1-5H3,(H,22,29). The molecule has 2 aliphatic heterocycles. The topological polar surface area (TPSA) is 104 Å². The van der Waals surface area contributed by atoms with E-state index in [-0.39, 0.29) is 24.8 Å². The van der Waals surface area contributed by atoms with E-state index in [1.165, 1.54) is 17.7 Å². The molecule has 0 spiro atoms. The van der Waals surface area contributed by atoms with Gasteiger partial charge in [-0.05, 0) is 44.7 Å². The van der Waals surface area contributed by atoms with Crippen LogP contribution in [-0.2, 0) is 16.0 Å². The first-order valence-corrected chi connectivity index (χ1v) is 10.9. The molecule has 0 radical (unpaired) electrons. The first kappa shape index (κ1) is 22.7. The summed E-state index contributed by atoms with van der Waals surface area (Å²) in [6.07, 6.45) is 5.72. The lowest BCUT2D eigenvalue weighted by atomic mass is 9.85. The fourth-order valence-electron chi connectivity index (χ4n) is 4.72. The van der Waals surface area contributed by atoms with E-state index in [1.54, 1.807) is 11.7 Å². The second kappa shape index (κ2) is 9.01. The minimum absolute atomic E-state index is 0.152. The maximum atomic E-state index is 13.5. The Labute approximate surface area is 178 Å². The summed E-state index contributed by atoms with van der Waals surface area (Å²) in [6.45, 7) is 7.23. The third kappa shape index (κ3) is 4.83. The Balaban J connectivity index is 1.77. The molecule has 0 aliphatic carbocycles. The van der Waals surface area contributed by atoms with Crippen molar-refractivity contribution in [3.05, 3.63) is 11.9 Å². The van der Waals surface area contributed by atoms with Gasteiger partial charge in [0.25, 0.3) is 0 Å². The number of aromatic nitrogens is 3. The van der Waals surface area contributed by atoms with E-state index in [0.717, 1.165) is 25.1 Å². The summed E-state index contributed by atoms with van der Waals surface area (Å²) in [5.41, 5.74) is 0.441. The van der Waals surface area contributed by atoms with E-state index in [4.69, 9.17) is 0 Å². The second-order valence-corrected chi connectivity index (χ2v) is 9.78. The summed E-state index contributed by atoms with van der Waals surface area (Å²) < 4.78 is 1.64. The highest BCUT2D eigenvalue weighted by atomic mass is 16.3. The number of aryl methyl sites for hydroxylation is 1. The molecule has 2 aliphatic rings. The molecule has 2 saturated heterocycles. The van der Waals surface area contributed by atoms with Crippen molar-refractivity contribution in [1.29, 1.82) is 0 Å². The molecule has 168 valence electrons. The van der Waals surface area contributed by atoms with E-state index in [1.807, 2.05) is 27.0 Å². The van der Waals surface area contributed by atoms with Gasteiger partial charge in [-0.15, -0.1) is 5.10 Å². The number of nitrogens with one attached hydrogen (secondary N) is 1. The Bertz CT molecular complexity index is 758. The summed E-state index contributed by atoms with van der Waals surface area (Å²) in [7, 11) is 3.71. The third-order valence-electron chi connectivity index (χ3n) is 6.39. The van der Waals surface area contributed by atoms with Crippen LogP contribution >= 0.6 is 0 Å². The lowest BCUT2D eigenvalue weighted by Gasteiger charge is -2.34. The van der Waals surface area contributed by atoms with Crippen LogP contribution in [0.5, 0.6) is 0 Å². The van der Waals surface area contributed by atoms with Crippen LogP contribution in [0.2, 0.25) is 0 Å². The number of carbonyl (C=O) groups is 2. The molecule has 0 saturated carbocycles. The Hall–Kier alpha value is -2.00. The van der Waals surface area contributed by atoms with Crippen LogP contribution < -0.4 is 5.32 Å². The average Bonchev–Trinajstić information content (AvgIpc) is 3.38. The number of β-amino-alcohol motifs (C(OH)–C–C–N with tert-alkyl or cyclic N) is 1. The van der Waals surface area contributed by atoms with Crippen LogP contribution in [0.25, 0.3) is 0 Å². The third-order valence-corrected chi connectivity index (χ3v) is 6.39. The monoisotopic (exact) mass is 420 g/mol. The molecule has 9 nitrogen and oxygen atoms in total. The average molecular weight is 421 g/mol. The molecule has 0 aromatic carbocycles. The zero-order chi connectivity index (χ0) is 22.1. The molecule has 3 heterocycles. The highest BCUT2D eigenvalue weighted by Crippen LogP contribution is 2.34. The van der Waals surface area contributed by atoms with Crippen LogP contribution in [0.3, 0.4) is 0 Å². The van der Waals surface area contributed by atoms with Crippen LogP contribution in [0, 0.1) is 5.41 Å². The molecular formula is C21H36N6O3. The van der Waals surface area contributed by atoms with Crippen molar-refractivity contribution in [1.82, 2.24) is 30.1 Å². The van der Waals surface area contributed by atoms with Crippen molar-refractivity contribution in [2.24, 2.45) is 5.41 Å². The van der Waals surface area contributed by atoms with E-state index in [2.05, 4.69) is 27.6 Å². The van der Waals surface area contributed by atoms with Crippen molar-refractivity contribution < 1.29 is 14.7 Å². The first-order chi connectivity index (χ1) is 14.1. The number of aliphatic hydroxyl groups excluding tert-OH is 1. The maximum Gasteiger partial charge on any atom is 0.248 e. The van der Waals surface area contributed by atoms with Crippen LogP contribution in [0.1, 0.15) is 58.2 Å². The molecule has 9 heteroatoms. The van der Waals surface area contributed by atoms with Gasteiger partial charge in [-0.1, -0.05) is 26.0 Å². The van der Waals surface area contributed by atoms with Gasteiger partial charge in [-0.3, -0.25) is 9.59 Å². The first-order valence-electron chi connectivity index (χ1n) is 10.9. The van der Waals surface area contributed by atoms with Crippen molar-refractivity contribution in [2.75, 3.05) is 27.2 Å². The van der Waals surface area contributed by atoms with Crippen molar-refractivity contribution >= 4 is 11.8 Å². The van der Waals surface area contributed by atoms with Gasteiger partial charge in [-0.2, -0.15) is 0 Å². The number of likely N-dealkylation sites (N-methyl/N-ethyl adjacent to an activating group) is 1. The SMILES string of the molecule is CNC(=O)C1CC(O)CN1C(=O)C(n1cc(CCC2CCCN2C)nn1)C(C)(C)C. The number of rotatable bonds is 6. The second-order valence-electron chi connectivity index (χ2n) is 9.78. The van der Waals surface area contributed by atoms with Crippen LogP contribution in [0.4, 0.5) is 0 Å². The fraction of sp³-hybridized carbons (Fsp3) is 0.810. The summed E-state index contributed by atoms with van der Waals surface area (Å²) in [6, 6.07) is -0.691. The van der Waals surface area contributed by atoms with Crippen LogP contribution in [-0.4, -0.2) is 87.1 Å². The van der Waals surface area contributed by atoms with Gasteiger partial charge >= 0.3 is 0 Å². The number of aliphatic hydroxyl groups is 1. The van der Waals surface area contributed by atoms with E-state index in [9.17, 15) is 14.7 Å². The summed E-state index contributed by atoms with van der Waals surface area (Å²) >= 11 is 0. The van der Waals surface area contributed by atoms with Gasteiger partial charge in [0.1, 0.15) is 12.1 Å². The van der Waals surface area contributed by atoms with E-state index < -0.39 is 23.6 Å². The van der Waals surface area contributed by atoms with Gasteiger partial charge < -0.3 is 20.2 Å². The number of nitrogens with zero attached hydrogens (tertiary/aromatic N) is 5. The number of hydrogen-bond acceptors (Lipinski definition) is 6. The van der Waals surface area contributed by atoms with Crippen LogP contribution in [0.15, 0.2) is 6.20 Å². The molecule has 4 atom stereocenters. The van der Waals surface area contributed by atoms with Crippen molar-refractivity contribution in [3.8, 4) is 0 Å². The molecule has 0 bridgehead atoms. The highest BCUT2D eigenvalue weighted by Gasteiger charge is 2.45. The molecule has 2 N–H and O–H groups in total. The predicted molar refractivity (Wildman–Crippen MR) is 113 cm³/mol. The molecule has 2 fully saturated rings. The molecular weight excluding hydrogens is 384 g/mol. The van der Waals surface area contributed by atoms with Crippen molar-refractivity contribution in [2.45, 2.75) is 77.1 Å². The van der Waals surface area contributed by atoms with E-state index >= 15 is 0 Å². The highest BCUT2D eigenvalue weighted by molar-refractivity contribution is 5.90. The number of likely N-dealkylation sites (tertiary alicyclic amines) is 2. The normalized spacial score (nSPS) is 26.2. The zero-order valence-corrected chi connectivity index (χ0v) is 18.8. The van der Waals surface area contributed by atoms with Gasteiger partial charge in [-0.25, -0.2) is 4.68 Å². The van der Waals surface area contributed by atoms with Gasteiger partial charge in [0.2, 0.25) is 11.8 Å². The molecule has 1 aromatic rings. The van der Waals surface area contributed by atoms with Gasteiger partial charge in [0.15, 0.2) is 0 Å². The number of amides is 2. The number of hydrogen-bond donors (Lipinski definition) is 2. The number of carbonyl (C=O) groups excluding carboxylic acids is 2. The minimum atomic E-state index is -0.702. The lowest BCUT2D eigenvalue weighted by molar-refractivity contribution is -0.144. The Morgan fingerprint density at radius 1 is 1.37 bits per heavy atom. The maximum absolute atomic E-state index is 13.5. The Morgan fingerprint density at radius 2 is 2.10 bits per heavy atom.